The maximum Gasteiger partial charge on any atom is 0.291 e. The number of carbonyl (C=O) groups is 2. The highest BCUT2D eigenvalue weighted by Crippen LogP contribution is 2.49. The van der Waals surface area contributed by atoms with Crippen LogP contribution in [-0.2, 0) is 4.79 Å². The van der Waals surface area contributed by atoms with Gasteiger partial charge in [-0.1, -0.05) is 12.8 Å². The molecule has 1 aliphatic heterocycles. The van der Waals surface area contributed by atoms with Gasteiger partial charge in [0.05, 0.1) is 11.6 Å². The van der Waals surface area contributed by atoms with Crippen LogP contribution in [0.15, 0.2) is 10.8 Å². The minimum atomic E-state index is -0.143. The number of likely N-dealkylation sites (tertiary alicyclic amines) is 1. The van der Waals surface area contributed by atoms with Crippen molar-refractivity contribution >= 4 is 11.8 Å². The highest BCUT2D eigenvalue weighted by atomic mass is 16.3. The van der Waals surface area contributed by atoms with Gasteiger partial charge in [0, 0.05) is 32.6 Å². The van der Waals surface area contributed by atoms with Crippen LogP contribution in [0, 0.1) is 18.3 Å². The van der Waals surface area contributed by atoms with Crippen molar-refractivity contribution in [1.82, 2.24) is 14.8 Å². The summed E-state index contributed by atoms with van der Waals surface area (Å²) < 4.78 is 5.24. The average molecular weight is 305 g/mol. The molecule has 0 radical (unpaired) electrons. The van der Waals surface area contributed by atoms with E-state index in [0.29, 0.717) is 24.5 Å². The molecule has 1 saturated carbocycles. The van der Waals surface area contributed by atoms with E-state index in [1.807, 2.05) is 0 Å². The molecule has 1 aromatic rings. The molecule has 22 heavy (non-hydrogen) atoms. The maximum atomic E-state index is 12.7. The number of hydrogen-bond donors (Lipinski definition) is 0. The van der Waals surface area contributed by atoms with Crippen LogP contribution in [0.2, 0.25) is 0 Å². The van der Waals surface area contributed by atoms with Gasteiger partial charge in [0.15, 0.2) is 6.39 Å². The Kier molecular flexibility index (Phi) is 3.70. The van der Waals surface area contributed by atoms with Gasteiger partial charge < -0.3 is 14.2 Å². The lowest BCUT2D eigenvalue weighted by molar-refractivity contribution is -0.135. The summed E-state index contributed by atoms with van der Waals surface area (Å²) in [7, 11) is 3.58. The Labute approximate surface area is 130 Å². The van der Waals surface area contributed by atoms with E-state index in [4.69, 9.17) is 4.42 Å². The number of hydrogen-bond acceptors (Lipinski definition) is 4. The molecule has 1 saturated heterocycles. The first-order valence-electron chi connectivity index (χ1n) is 7.85. The molecule has 2 heterocycles. The molecule has 0 aromatic carbocycles. The molecule has 1 aliphatic carbocycles. The Morgan fingerprint density at radius 3 is 2.59 bits per heavy atom. The van der Waals surface area contributed by atoms with E-state index in [0.717, 1.165) is 25.7 Å². The van der Waals surface area contributed by atoms with Crippen LogP contribution in [0.1, 0.15) is 41.9 Å². The van der Waals surface area contributed by atoms with Crippen molar-refractivity contribution < 1.29 is 14.0 Å². The Hall–Kier alpha value is -1.85. The van der Waals surface area contributed by atoms with E-state index in [1.165, 1.54) is 6.39 Å². The molecular weight excluding hydrogens is 282 g/mol. The second-order valence-corrected chi connectivity index (χ2v) is 6.81. The van der Waals surface area contributed by atoms with Gasteiger partial charge in [-0.05, 0) is 19.8 Å². The molecule has 1 unspecified atom stereocenters. The normalized spacial score (nSPS) is 23.2. The molecule has 2 amide bonds. The van der Waals surface area contributed by atoms with Gasteiger partial charge in [-0.15, -0.1) is 0 Å². The van der Waals surface area contributed by atoms with E-state index >= 15 is 0 Å². The lowest BCUT2D eigenvalue weighted by Crippen LogP contribution is -2.39. The summed E-state index contributed by atoms with van der Waals surface area (Å²) >= 11 is 0. The molecule has 6 heteroatoms. The average Bonchev–Trinajstić information content (AvgIpc) is 3.19. The molecule has 6 nitrogen and oxygen atoms in total. The van der Waals surface area contributed by atoms with Gasteiger partial charge in [-0.25, -0.2) is 4.98 Å². The van der Waals surface area contributed by atoms with Gasteiger partial charge in [0.25, 0.3) is 5.91 Å². The number of aromatic nitrogens is 1. The van der Waals surface area contributed by atoms with Crippen LogP contribution in [0.5, 0.6) is 0 Å². The summed E-state index contributed by atoms with van der Waals surface area (Å²) in [5, 5.41) is 0. The minimum Gasteiger partial charge on any atom is -0.438 e. The van der Waals surface area contributed by atoms with Crippen LogP contribution in [0.4, 0.5) is 0 Å². The van der Waals surface area contributed by atoms with Crippen LogP contribution in [0.3, 0.4) is 0 Å². The smallest absolute Gasteiger partial charge is 0.291 e. The number of rotatable bonds is 2. The number of oxazole rings is 1. The van der Waals surface area contributed by atoms with Crippen molar-refractivity contribution in [2.75, 3.05) is 27.2 Å². The highest BCUT2D eigenvalue weighted by molar-refractivity contribution is 5.93. The van der Waals surface area contributed by atoms with E-state index < -0.39 is 0 Å². The third-order valence-electron chi connectivity index (χ3n) is 5.21. The summed E-state index contributed by atoms with van der Waals surface area (Å²) in [6.07, 6.45) is 5.63. The Balaban J connectivity index is 1.86. The number of aryl methyl sites for hydroxylation is 1. The van der Waals surface area contributed by atoms with Gasteiger partial charge in [-0.3, -0.25) is 9.59 Å². The third kappa shape index (κ3) is 2.30. The summed E-state index contributed by atoms with van der Waals surface area (Å²) in [6.45, 7) is 2.90. The molecule has 0 bridgehead atoms. The molecule has 3 rings (SSSR count). The second-order valence-electron chi connectivity index (χ2n) is 6.81. The SMILES string of the molecule is Cc1ncoc1C(=O)N1CC(C(=O)N(C)C)C2(CCCC2)C1. The molecule has 1 atom stereocenters. The highest BCUT2D eigenvalue weighted by Gasteiger charge is 2.53. The lowest BCUT2D eigenvalue weighted by Gasteiger charge is -2.30. The van der Waals surface area contributed by atoms with E-state index in [9.17, 15) is 9.59 Å². The second kappa shape index (κ2) is 5.41. The first-order chi connectivity index (χ1) is 10.4. The van der Waals surface area contributed by atoms with Crippen molar-refractivity contribution in [3.63, 3.8) is 0 Å². The topological polar surface area (TPSA) is 66.7 Å². The van der Waals surface area contributed by atoms with Crippen molar-refractivity contribution in [3.05, 3.63) is 17.8 Å². The fourth-order valence-corrected chi connectivity index (χ4v) is 4.01. The monoisotopic (exact) mass is 305 g/mol. The Bertz CT molecular complexity index is 587. The molecular formula is C16H23N3O3. The summed E-state index contributed by atoms with van der Waals surface area (Å²) in [4.78, 5) is 32.7. The minimum absolute atomic E-state index is 0.0507. The van der Waals surface area contributed by atoms with Crippen molar-refractivity contribution in [3.8, 4) is 0 Å². The summed E-state index contributed by atoms with van der Waals surface area (Å²) in [6, 6.07) is 0. The van der Waals surface area contributed by atoms with Crippen molar-refractivity contribution in [2.24, 2.45) is 11.3 Å². The van der Waals surface area contributed by atoms with E-state index in [2.05, 4.69) is 4.98 Å². The standard InChI is InChI=1S/C16H23N3O3/c1-11-13(22-10-17-11)15(21)19-8-12(14(20)18(2)3)16(9-19)6-4-5-7-16/h10,12H,4-9H2,1-3H3. The fraction of sp³-hybridized carbons (Fsp3) is 0.688. The van der Waals surface area contributed by atoms with Gasteiger partial charge >= 0.3 is 0 Å². The van der Waals surface area contributed by atoms with Crippen LogP contribution in [-0.4, -0.2) is 53.8 Å². The van der Waals surface area contributed by atoms with E-state index in [-0.39, 0.29) is 23.1 Å². The quantitative estimate of drug-likeness (QED) is 0.834. The predicted octanol–water partition coefficient (Wildman–Crippen LogP) is 1.70. The maximum absolute atomic E-state index is 12.7. The van der Waals surface area contributed by atoms with Crippen LogP contribution < -0.4 is 0 Å². The van der Waals surface area contributed by atoms with Crippen LogP contribution in [0.25, 0.3) is 0 Å². The Morgan fingerprint density at radius 2 is 2.05 bits per heavy atom. The summed E-state index contributed by atoms with van der Waals surface area (Å²) in [5.41, 5.74) is 0.554. The van der Waals surface area contributed by atoms with Crippen molar-refractivity contribution in [1.29, 1.82) is 0 Å². The molecule has 2 fully saturated rings. The van der Waals surface area contributed by atoms with Crippen LogP contribution >= 0.6 is 0 Å². The Morgan fingerprint density at radius 1 is 1.36 bits per heavy atom. The molecule has 0 N–H and O–H groups in total. The molecule has 2 aliphatic rings. The molecule has 120 valence electrons. The first kappa shape index (κ1) is 15.1. The van der Waals surface area contributed by atoms with E-state index in [1.54, 1.807) is 30.8 Å². The summed E-state index contributed by atoms with van der Waals surface area (Å²) in [5.74, 6) is 0.185. The van der Waals surface area contributed by atoms with Crippen molar-refractivity contribution in [2.45, 2.75) is 32.6 Å². The number of nitrogens with zero attached hydrogens (tertiary/aromatic N) is 3. The van der Waals surface area contributed by atoms with Gasteiger partial charge in [0.2, 0.25) is 11.7 Å². The zero-order valence-electron chi connectivity index (χ0n) is 13.5. The molecule has 1 aromatic heterocycles. The zero-order chi connectivity index (χ0) is 15.9. The fourth-order valence-electron chi connectivity index (χ4n) is 4.01. The molecule has 1 spiro atoms. The third-order valence-corrected chi connectivity index (χ3v) is 5.21. The predicted molar refractivity (Wildman–Crippen MR) is 80.2 cm³/mol. The lowest BCUT2D eigenvalue weighted by atomic mass is 9.76. The zero-order valence-corrected chi connectivity index (χ0v) is 13.5. The first-order valence-corrected chi connectivity index (χ1v) is 7.85. The number of carbonyl (C=O) groups excluding carboxylic acids is 2. The van der Waals surface area contributed by atoms with Gasteiger partial charge in [-0.2, -0.15) is 0 Å². The largest absolute Gasteiger partial charge is 0.438 e. The number of amides is 2. The van der Waals surface area contributed by atoms with Gasteiger partial charge in [0.1, 0.15) is 0 Å².